The van der Waals surface area contributed by atoms with Crippen molar-refractivity contribution >= 4 is 5.96 Å². The lowest BCUT2D eigenvalue weighted by Gasteiger charge is -2.36. The van der Waals surface area contributed by atoms with E-state index >= 15 is 0 Å². The molecule has 0 radical (unpaired) electrons. The number of nitrogens with zero attached hydrogens (tertiary/aromatic N) is 1. The molecule has 0 amide bonds. The average molecular weight is 169 g/mol. The van der Waals surface area contributed by atoms with Gasteiger partial charge in [-0.15, -0.1) is 0 Å². The lowest BCUT2D eigenvalue weighted by molar-refractivity contribution is -0.00832. The van der Waals surface area contributed by atoms with Gasteiger partial charge in [-0.05, 0) is 19.8 Å². The van der Waals surface area contributed by atoms with Crippen molar-refractivity contribution in [2.24, 2.45) is 10.7 Å². The van der Waals surface area contributed by atoms with Gasteiger partial charge in [-0.2, -0.15) is 0 Å². The number of guanidine groups is 1. The van der Waals surface area contributed by atoms with E-state index in [9.17, 15) is 0 Å². The third kappa shape index (κ3) is 1.27. The minimum Gasteiger partial charge on any atom is -0.378 e. The van der Waals surface area contributed by atoms with Gasteiger partial charge in [-0.1, -0.05) is 0 Å². The van der Waals surface area contributed by atoms with Crippen molar-refractivity contribution < 1.29 is 4.74 Å². The smallest absolute Gasteiger partial charge is 0.189 e. The Morgan fingerprint density at radius 3 is 3.17 bits per heavy atom. The minimum absolute atomic E-state index is 0.113. The maximum Gasteiger partial charge on any atom is 0.189 e. The summed E-state index contributed by atoms with van der Waals surface area (Å²) in [5.74, 6) is 0.587. The third-order valence-electron chi connectivity index (χ3n) is 2.61. The summed E-state index contributed by atoms with van der Waals surface area (Å²) in [6.45, 7) is 3.72. The zero-order valence-corrected chi connectivity index (χ0v) is 7.34. The van der Waals surface area contributed by atoms with Crippen LogP contribution in [0.1, 0.15) is 19.8 Å². The Morgan fingerprint density at radius 2 is 2.58 bits per heavy atom. The van der Waals surface area contributed by atoms with E-state index in [2.05, 4.69) is 17.2 Å². The van der Waals surface area contributed by atoms with Gasteiger partial charge in [-0.25, -0.2) is 0 Å². The van der Waals surface area contributed by atoms with Crippen molar-refractivity contribution in [1.29, 1.82) is 0 Å². The van der Waals surface area contributed by atoms with Gasteiger partial charge in [-0.3, -0.25) is 4.99 Å². The Labute approximate surface area is 72.2 Å². The molecule has 0 aliphatic carbocycles. The van der Waals surface area contributed by atoms with Crippen molar-refractivity contribution in [2.75, 3.05) is 13.2 Å². The van der Waals surface area contributed by atoms with Crippen LogP contribution < -0.4 is 11.1 Å². The van der Waals surface area contributed by atoms with Crippen LogP contribution in [0, 0.1) is 0 Å². The van der Waals surface area contributed by atoms with Crippen molar-refractivity contribution in [3.05, 3.63) is 0 Å². The second-order valence-corrected chi connectivity index (χ2v) is 3.74. The number of aliphatic imine (C=N–C) groups is 1. The SMILES string of the molecule is CC1CC2(CCO1)CN=C(N)N2. The van der Waals surface area contributed by atoms with Crippen LogP contribution >= 0.6 is 0 Å². The number of nitrogens with one attached hydrogen (secondary N) is 1. The van der Waals surface area contributed by atoms with Gasteiger partial charge in [0.05, 0.1) is 18.2 Å². The van der Waals surface area contributed by atoms with E-state index in [-0.39, 0.29) is 5.54 Å². The van der Waals surface area contributed by atoms with E-state index in [0.29, 0.717) is 12.1 Å². The molecule has 0 aromatic rings. The Bertz CT molecular complexity index is 216. The second-order valence-electron chi connectivity index (χ2n) is 3.74. The van der Waals surface area contributed by atoms with Crippen LogP contribution in [-0.4, -0.2) is 30.8 Å². The first kappa shape index (κ1) is 7.86. The highest BCUT2D eigenvalue weighted by Gasteiger charge is 2.38. The molecule has 0 aromatic heterocycles. The Hall–Kier alpha value is -0.770. The van der Waals surface area contributed by atoms with Gasteiger partial charge in [0, 0.05) is 6.61 Å². The fourth-order valence-corrected chi connectivity index (χ4v) is 2.01. The molecule has 0 saturated carbocycles. The summed E-state index contributed by atoms with van der Waals surface area (Å²) in [6, 6.07) is 0. The Morgan fingerprint density at radius 1 is 1.75 bits per heavy atom. The molecule has 2 heterocycles. The van der Waals surface area contributed by atoms with Gasteiger partial charge >= 0.3 is 0 Å². The predicted molar refractivity (Wildman–Crippen MR) is 47.0 cm³/mol. The third-order valence-corrected chi connectivity index (χ3v) is 2.61. The summed E-state index contributed by atoms with van der Waals surface area (Å²) < 4.78 is 5.47. The van der Waals surface area contributed by atoms with Gasteiger partial charge in [0.25, 0.3) is 0 Å². The summed E-state index contributed by atoms with van der Waals surface area (Å²) in [7, 11) is 0. The van der Waals surface area contributed by atoms with Crippen LogP contribution in [-0.2, 0) is 4.74 Å². The van der Waals surface area contributed by atoms with Crippen molar-refractivity contribution in [2.45, 2.75) is 31.4 Å². The standard InChI is InChI=1S/C8H15N3O/c1-6-4-8(2-3-12-6)5-10-7(9)11-8/h6H,2-5H2,1H3,(H3,9,10,11). The Balaban J connectivity index is 2.03. The summed E-state index contributed by atoms with van der Waals surface area (Å²) in [6.07, 6.45) is 2.35. The molecule has 2 aliphatic rings. The van der Waals surface area contributed by atoms with Crippen molar-refractivity contribution in [3.8, 4) is 0 Å². The highest BCUT2D eigenvalue weighted by atomic mass is 16.5. The number of rotatable bonds is 0. The average Bonchev–Trinajstić information content (AvgIpc) is 2.32. The number of nitrogens with two attached hydrogens (primary N) is 1. The predicted octanol–water partition coefficient (Wildman–Crippen LogP) is -0.158. The lowest BCUT2D eigenvalue weighted by Crippen LogP contribution is -2.53. The zero-order valence-electron chi connectivity index (χ0n) is 7.34. The molecule has 2 unspecified atom stereocenters. The topological polar surface area (TPSA) is 59.6 Å². The molecular formula is C8H15N3O. The monoisotopic (exact) mass is 169 g/mol. The normalized spacial score (nSPS) is 41.1. The minimum atomic E-state index is 0.113. The highest BCUT2D eigenvalue weighted by Crippen LogP contribution is 2.27. The summed E-state index contributed by atoms with van der Waals surface area (Å²) >= 11 is 0. The zero-order chi connectivity index (χ0) is 8.60. The molecular weight excluding hydrogens is 154 g/mol. The van der Waals surface area contributed by atoms with Gasteiger partial charge in [0.15, 0.2) is 5.96 Å². The van der Waals surface area contributed by atoms with Gasteiger partial charge in [0.1, 0.15) is 0 Å². The first-order valence-electron chi connectivity index (χ1n) is 4.40. The summed E-state index contributed by atoms with van der Waals surface area (Å²) in [5, 5.41) is 3.25. The van der Waals surface area contributed by atoms with E-state index in [1.54, 1.807) is 0 Å². The molecule has 4 nitrogen and oxygen atoms in total. The van der Waals surface area contributed by atoms with Crippen LogP contribution in [0.15, 0.2) is 4.99 Å². The number of hydrogen-bond acceptors (Lipinski definition) is 4. The van der Waals surface area contributed by atoms with Crippen LogP contribution in [0.3, 0.4) is 0 Å². The van der Waals surface area contributed by atoms with Crippen LogP contribution in [0.5, 0.6) is 0 Å². The van der Waals surface area contributed by atoms with Crippen LogP contribution in [0.25, 0.3) is 0 Å². The maximum atomic E-state index is 5.58. The van der Waals surface area contributed by atoms with Gasteiger partial charge in [0.2, 0.25) is 0 Å². The molecule has 2 aliphatic heterocycles. The molecule has 3 N–H and O–H groups in total. The van der Waals surface area contributed by atoms with Gasteiger partial charge < -0.3 is 15.8 Å². The molecule has 0 aromatic carbocycles. The van der Waals surface area contributed by atoms with E-state index in [4.69, 9.17) is 10.5 Å². The molecule has 12 heavy (non-hydrogen) atoms. The lowest BCUT2D eigenvalue weighted by atomic mass is 9.88. The molecule has 2 rings (SSSR count). The second kappa shape index (κ2) is 2.62. The molecule has 2 atom stereocenters. The summed E-state index contributed by atoms with van der Waals surface area (Å²) in [4.78, 5) is 4.18. The quantitative estimate of drug-likeness (QED) is 0.530. The maximum absolute atomic E-state index is 5.58. The van der Waals surface area contributed by atoms with Crippen LogP contribution in [0.2, 0.25) is 0 Å². The van der Waals surface area contributed by atoms with E-state index in [0.717, 1.165) is 26.0 Å². The summed E-state index contributed by atoms with van der Waals surface area (Å²) in [5.41, 5.74) is 5.70. The largest absolute Gasteiger partial charge is 0.378 e. The highest BCUT2D eigenvalue weighted by molar-refractivity contribution is 5.80. The number of hydrogen-bond donors (Lipinski definition) is 2. The Kier molecular flexibility index (Phi) is 1.72. The van der Waals surface area contributed by atoms with Crippen molar-refractivity contribution in [1.82, 2.24) is 5.32 Å². The molecule has 0 bridgehead atoms. The van der Waals surface area contributed by atoms with E-state index in [1.807, 2.05) is 0 Å². The first-order chi connectivity index (χ1) is 5.70. The fraction of sp³-hybridized carbons (Fsp3) is 0.875. The molecule has 1 spiro atoms. The van der Waals surface area contributed by atoms with E-state index < -0.39 is 0 Å². The fourth-order valence-electron chi connectivity index (χ4n) is 2.01. The van der Waals surface area contributed by atoms with Crippen LogP contribution in [0.4, 0.5) is 0 Å². The first-order valence-corrected chi connectivity index (χ1v) is 4.40. The van der Waals surface area contributed by atoms with E-state index in [1.165, 1.54) is 0 Å². The molecule has 4 heteroatoms. The number of ether oxygens (including phenoxy) is 1. The molecule has 1 saturated heterocycles. The molecule has 1 fully saturated rings. The molecule has 68 valence electrons. The van der Waals surface area contributed by atoms with Crippen molar-refractivity contribution in [3.63, 3.8) is 0 Å².